The van der Waals surface area contributed by atoms with Crippen molar-refractivity contribution in [3.05, 3.63) is 29.3 Å². The van der Waals surface area contributed by atoms with Crippen LogP contribution >= 0.6 is 0 Å². The molecule has 1 aromatic carbocycles. The Hall–Kier alpha value is -2.12. The van der Waals surface area contributed by atoms with E-state index in [1.807, 2.05) is 34.9 Å². The van der Waals surface area contributed by atoms with Crippen LogP contribution in [0.1, 0.15) is 24.5 Å². The van der Waals surface area contributed by atoms with Gasteiger partial charge in [-0.25, -0.2) is 0 Å². The maximum Gasteiger partial charge on any atom is 0.264 e. The summed E-state index contributed by atoms with van der Waals surface area (Å²) in [5.41, 5.74) is 1.15. The largest absolute Gasteiger partial charge is 0.480 e. The summed E-state index contributed by atoms with van der Waals surface area (Å²) in [6.45, 7) is 5.04. The lowest BCUT2D eigenvalue weighted by Crippen LogP contribution is -2.58. The molecular weight excluding hydrogens is 360 g/mol. The second kappa shape index (κ2) is 7.04. The number of likely N-dealkylation sites (tertiary alicyclic amines) is 2. The fourth-order valence-corrected chi connectivity index (χ4v) is 4.72. The predicted octanol–water partition coefficient (Wildman–Crippen LogP) is 1.16. The molecule has 0 aliphatic carbocycles. The molecular formula is C21H28N2O5. The number of para-hydroxylation sites is 1. The third-order valence-electron chi connectivity index (χ3n) is 6.34. The van der Waals surface area contributed by atoms with Crippen molar-refractivity contribution >= 4 is 11.8 Å². The van der Waals surface area contributed by atoms with Gasteiger partial charge in [-0.15, -0.1) is 0 Å². The molecule has 3 aliphatic heterocycles. The summed E-state index contributed by atoms with van der Waals surface area (Å²) in [7, 11) is 3.08. The van der Waals surface area contributed by atoms with Crippen LogP contribution in [-0.2, 0) is 25.5 Å². The molecule has 0 spiro atoms. The number of nitrogens with zero attached hydrogens (tertiary/aromatic N) is 2. The van der Waals surface area contributed by atoms with Gasteiger partial charge in [0, 0.05) is 33.7 Å². The van der Waals surface area contributed by atoms with Gasteiger partial charge in [0.05, 0.1) is 18.7 Å². The van der Waals surface area contributed by atoms with Crippen LogP contribution in [0.5, 0.6) is 5.75 Å². The fourth-order valence-electron chi connectivity index (χ4n) is 4.72. The van der Waals surface area contributed by atoms with Crippen molar-refractivity contribution in [3.63, 3.8) is 0 Å². The van der Waals surface area contributed by atoms with Crippen molar-refractivity contribution < 1.29 is 23.8 Å². The Morgan fingerprint density at radius 1 is 1.21 bits per heavy atom. The maximum atomic E-state index is 13.1. The van der Waals surface area contributed by atoms with Crippen molar-refractivity contribution in [2.75, 3.05) is 33.9 Å². The van der Waals surface area contributed by atoms with Gasteiger partial charge in [-0.2, -0.15) is 0 Å². The SMILES string of the molecule is COCC(C)(OC)C(=O)N1C[C@@H]2C[C@H]1CN2C(=O)C1Cc2cccc(C)c2O1. The smallest absolute Gasteiger partial charge is 0.264 e. The molecule has 1 aromatic rings. The molecule has 3 aliphatic rings. The van der Waals surface area contributed by atoms with Gasteiger partial charge < -0.3 is 24.0 Å². The van der Waals surface area contributed by atoms with Crippen LogP contribution in [-0.4, -0.2) is 79.3 Å². The highest BCUT2D eigenvalue weighted by Gasteiger charge is 2.52. The number of benzene rings is 1. The third kappa shape index (κ3) is 2.97. The highest BCUT2D eigenvalue weighted by atomic mass is 16.5. The monoisotopic (exact) mass is 388 g/mol. The molecule has 28 heavy (non-hydrogen) atoms. The van der Waals surface area contributed by atoms with Crippen LogP contribution in [0.3, 0.4) is 0 Å². The molecule has 2 amide bonds. The number of methoxy groups -OCH3 is 2. The van der Waals surface area contributed by atoms with E-state index in [4.69, 9.17) is 14.2 Å². The first kappa shape index (κ1) is 19.2. The van der Waals surface area contributed by atoms with Crippen molar-refractivity contribution in [1.82, 2.24) is 9.80 Å². The number of hydrogen-bond acceptors (Lipinski definition) is 5. The van der Waals surface area contributed by atoms with Crippen molar-refractivity contribution in [1.29, 1.82) is 0 Å². The molecule has 0 radical (unpaired) electrons. The minimum absolute atomic E-state index is 0.0262. The minimum Gasteiger partial charge on any atom is -0.480 e. The molecule has 0 N–H and O–H groups in total. The molecule has 7 heteroatoms. The van der Waals surface area contributed by atoms with Crippen molar-refractivity contribution in [3.8, 4) is 5.75 Å². The van der Waals surface area contributed by atoms with Gasteiger partial charge in [-0.3, -0.25) is 9.59 Å². The number of fused-ring (bicyclic) bond motifs is 3. The quantitative estimate of drug-likeness (QED) is 0.757. The van der Waals surface area contributed by atoms with Gasteiger partial charge in [-0.05, 0) is 31.4 Å². The second-order valence-corrected chi connectivity index (χ2v) is 8.23. The molecule has 2 fully saturated rings. The zero-order valence-corrected chi connectivity index (χ0v) is 16.9. The normalized spacial score (nSPS) is 27.5. The van der Waals surface area contributed by atoms with Gasteiger partial charge in [0.2, 0.25) is 0 Å². The molecule has 2 bridgehead atoms. The van der Waals surface area contributed by atoms with Gasteiger partial charge in [0.1, 0.15) is 5.75 Å². The fraction of sp³-hybridized carbons (Fsp3) is 0.619. The molecule has 3 heterocycles. The highest BCUT2D eigenvalue weighted by Crippen LogP contribution is 2.37. The van der Waals surface area contributed by atoms with Crippen LogP contribution < -0.4 is 4.74 Å². The van der Waals surface area contributed by atoms with E-state index in [-0.39, 0.29) is 30.5 Å². The Bertz CT molecular complexity index is 797. The predicted molar refractivity (Wildman–Crippen MR) is 102 cm³/mol. The number of ether oxygens (including phenoxy) is 3. The third-order valence-corrected chi connectivity index (χ3v) is 6.34. The minimum atomic E-state index is -0.998. The lowest BCUT2D eigenvalue weighted by molar-refractivity contribution is -0.162. The molecule has 0 saturated carbocycles. The summed E-state index contributed by atoms with van der Waals surface area (Å²) in [5, 5.41) is 0. The summed E-state index contributed by atoms with van der Waals surface area (Å²) >= 11 is 0. The number of aryl methyl sites for hydroxylation is 1. The summed E-state index contributed by atoms with van der Waals surface area (Å²) in [5.74, 6) is 0.802. The molecule has 4 rings (SSSR count). The maximum absolute atomic E-state index is 13.1. The average Bonchev–Trinajstić information content (AvgIpc) is 3.40. The zero-order valence-electron chi connectivity index (χ0n) is 16.9. The molecule has 2 unspecified atom stereocenters. The Morgan fingerprint density at radius 3 is 2.54 bits per heavy atom. The van der Waals surface area contributed by atoms with E-state index in [1.165, 1.54) is 7.11 Å². The Balaban J connectivity index is 1.42. The Labute approximate surface area is 165 Å². The number of amides is 2. The lowest BCUT2D eigenvalue weighted by Gasteiger charge is -2.39. The number of rotatable bonds is 5. The number of carbonyl (C=O) groups excluding carboxylic acids is 2. The van der Waals surface area contributed by atoms with E-state index < -0.39 is 11.7 Å². The van der Waals surface area contributed by atoms with E-state index >= 15 is 0 Å². The van der Waals surface area contributed by atoms with Gasteiger partial charge in [0.25, 0.3) is 11.8 Å². The first-order valence-corrected chi connectivity index (χ1v) is 9.78. The number of carbonyl (C=O) groups is 2. The highest BCUT2D eigenvalue weighted by molar-refractivity contribution is 5.87. The van der Waals surface area contributed by atoms with E-state index in [2.05, 4.69) is 0 Å². The van der Waals surface area contributed by atoms with Crippen molar-refractivity contribution in [2.24, 2.45) is 0 Å². The Morgan fingerprint density at radius 2 is 1.93 bits per heavy atom. The summed E-state index contributed by atoms with van der Waals surface area (Å²) in [6.07, 6.45) is 0.961. The van der Waals surface area contributed by atoms with Crippen LogP contribution in [0, 0.1) is 6.92 Å². The van der Waals surface area contributed by atoms with E-state index in [9.17, 15) is 9.59 Å². The van der Waals surface area contributed by atoms with Crippen LogP contribution in [0.4, 0.5) is 0 Å². The molecule has 7 nitrogen and oxygen atoms in total. The van der Waals surface area contributed by atoms with Gasteiger partial charge >= 0.3 is 0 Å². The average molecular weight is 388 g/mol. The van der Waals surface area contributed by atoms with Crippen LogP contribution in [0.2, 0.25) is 0 Å². The van der Waals surface area contributed by atoms with Crippen molar-refractivity contribution in [2.45, 2.75) is 50.5 Å². The van der Waals surface area contributed by atoms with Crippen LogP contribution in [0.15, 0.2) is 18.2 Å². The molecule has 2 saturated heterocycles. The number of piperazine rings is 1. The Kier molecular flexibility index (Phi) is 4.83. The van der Waals surface area contributed by atoms with Gasteiger partial charge in [-0.1, -0.05) is 18.2 Å². The van der Waals surface area contributed by atoms with Gasteiger partial charge in [0.15, 0.2) is 11.7 Å². The summed E-state index contributed by atoms with van der Waals surface area (Å²) in [4.78, 5) is 29.8. The first-order valence-electron chi connectivity index (χ1n) is 9.78. The number of hydrogen-bond donors (Lipinski definition) is 0. The van der Waals surface area contributed by atoms with E-state index in [0.717, 1.165) is 23.3 Å². The van der Waals surface area contributed by atoms with E-state index in [1.54, 1.807) is 14.0 Å². The molecule has 4 atom stereocenters. The lowest BCUT2D eigenvalue weighted by atomic mass is 10.0. The summed E-state index contributed by atoms with van der Waals surface area (Å²) < 4.78 is 16.6. The first-order chi connectivity index (χ1) is 13.4. The summed E-state index contributed by atoms with van der Waals surface area (Å²) in [6, 6.07) is 6.09. The van der Waals surface area contributed by atoms with Crippen LogP contribution in [0.25, 0.3) is 0 Å². The second-order valence-electron chi connectivity index (χ2n) is 8.23. The molecule has 0 aromatic heterocycles. The zero-order chi connectivity index (χ0) is 20.1. The topological polar surface area (TPSA) is 68.3 Å². The standard InChI is InChI=1S/C21H28N2O5/c1-13-6-5-7-14-8-17(28-18(13)14)19(24)22-10-16-9-15(22)11-23(16)20(25)21(2,27-4)12-26-3/h5-7,15-17H,8-12H2,1-4H3/t15-,16-,17?,21?/m0/s1. The van der Waals surface area contributed by atoms with E-state index in [0.29, 0.717) is 19.5 Å². The molecule has 152 valence electrons.